The van der Waals surface area contributed by atoms with E-state index in [-0.39, 0.29) is 0 Å². The number of nitrogens with one attached hydrogen (secondary N) is 1. The highest BCUT2D eigenvalue weighted by Crippen LogP contribution is 2.35. The van der Waals surface area contributed by atoms with E-state index >= 15 is 0 Å². The Morgan fingerprint density at radius 2 is 1.93 bits per heavy atom. The third kappa shape index (κ3) is 4.64. The van der Waals surface area contributed by atoms with Crippen LogP contribution in [0.3, 0.4) is 0 Å². The van der Waals surface area contributed by atoms with Crippen LogP contribution in [0.25, 0.3) is 21.2 Å². The van der Waals surface area contributed by atoms with E-state index in [1.165, 1.54) is 0 Å². The second-order valence-electron chi connectivity index (χ2n) is 6.26. The normalized spacial score (nSPS) is 12.3. The minimum Gasteiger partial charge on any atom is -0.494 e. The predicted octanol–water partition coefficient (Wildman–Crippen LogP) is 5.21. The summed E-state index contributed by atoms with van der Waals surface area (Å²) in [6.45, 7) is 4.99. The van der Waals surface area contributed by atoms with Gasteiger partial charge in [0.25, 0.3) is 0 Å². The first-order valence-electron chi connectivity index (χ1n) is 8.96. The summed E-state index contributed by atoms with van der Waals surface area (Å²) >= 11 is 6.21. The Labute approximate surface area is 168 Å². The number of rotatable bonds is 8. The molecule has 0 amide bonds. The van der Waals surface area contributed by atoms with Gasteiger partial charge in [0.15, 0.2) is 0 Å². The molecule has 0 radical (unpaired) electrons. The third-order valence-corrected chi connectivity index (χ3v) is 6.14. The zero-order chi connectivity index (χ0) is 19.4. The molecule has 3 aromatic rings. The first-order chi connectivity index (χ1) is 13.0. The van der Waals surface area contributed by atoms with Gasteiger partial charge in [0, 0.05) is 21.2 Å². The van der Waals surface area contributed by atoms with Gasteiger partial charge in [0.05, 0.1) is 6.61 Å². The lowest BCUT2D eigenvalue weighted by Crippen LogP contribution is -2.35. The zero-order valence-electron chi connectivity index (χ0n) is 15.4. The molecule has 6 heteroatoms. The van der Waals surface area contributed by atoms with E-state index in [4.69, 9.17) is 4.74 Å². The molecule has 4 nitrogen and oxygen atoms in total. The summed E-state index contributed by atoms with van der Waals surface area (Å²) in [5.74, 6) is 0.0553. The second-order valence-corrected chi connectivity index (χ2v) is 7.87. The average Bonchev–Trinajstić information content (AvgIpc) is 3.02. The van der Waals surface area contributed by atoms with Crippen LogP contribution in [0.2, 0.25) is 0 Å². The number of fused-ring (bicyclic) bond motifs is 1. The molecule has 0 aliphatic carbocycles. The van der Waals surface area contributed by atoms with Gasteiger partial charge in [-0.3, -0.25) is 10.1 Å². The first-order valence-corrected chi connectivity index (χ1v) is 10.2. The number of benzene rings is 2. The Balaban J connectivity index is 1.82. The standard InChI is InChI=1S/C21H23NO3S2/c1-3-17(21(23)24)22-12-20-18(26)11-19(27-20)15-6-5-14-10-16(25-4-2)8-7-13(14)9-15/h5-11,17,22,26H,3-4,12H2,1-2H3,(H,23,24). The van der Waals surface area contributed by atoms with Gasteiger partial charge in [0.2, 0.25) is 0 Å². The molecule has 1 atom stereocenters. The van der Waals surface area contributed by atoms with Crippen LogP contribution in [0.4, 0.5) is 0 Å². The summed E-state index contributed by atoms with van der Waals surface area (Å²) < 4.78 is 5.56. The summed E-state index contributed by atoms with van der Waals surface area (Å²) in [6, 6.07) is 14.0. The van der Waals surface area contributed by atoms with Crippen LogP contribution in [-0.2, 0) is 11.3 Å². The van der Waals surface area contributed by atoms with E-state index in [0.717, 1.165) is 36.7 Å². The Hall–Kier alpha value is -2.02. The predicted molar refractivity (Wildman–Crippen MR) is 114 cm³/mol. The largest absolute Gasteiger partial charge is 0.494 e. The number of hydrogen-bond acceptors (Lipinski definition) is 5. The maximum absolute atomic E-state index is 11.2. The van der Waals surface area contributed by atoms with Crippen molar-refractivity contribution in [1.29, 1.82) is 0 Å². The van der Waals surface area contributed by atoms with E-state index in [9.17, 15) is 9.90 Å². The molecular weight excluding hydrogens is 378 g/mol. The molecule has 2 N–H and O–H groups in total. The van der Waals surface area contributed by atoms with Crippen molar-refractivity contribution in [3.05, 3.63) is 47.3 Å². The van der Waals surface area contributed by atoms with Crippen LogP contribution in [0.15, 0.2) is 47.4 Å². The van der Waals surface area contributed by atoms with Crippen molar-refractivity contribution in [3.63, 3.8) is 0 Å². The van der Waals surface area contributed by atoms with Crippen molar-refractivity contribution in [2.45, 2.75) is 37.8 Å². The van der Waals surface area contributed by atoms with Gasteiger partial charge < -0.3 is 9.84 Å². The molecule has 2 aromatic carbocycles. The molecule has 1 unspecified atom stereocenters. The zero-order valence-corrected chi connectivity index (χ0v) is 17.1. The molecule has 27 heavy (non-hydrogen) atoms. The number of carbonyl (C=O) groups is 1. The molecular formula is C21H23NO3S2. The highest BCUT2D eigenvalue weighted by atomic mass is 32.1. The van der Waals surface area contributed by atoms with Crippen LogP contribution < -0.4 is 10.1 Å². The Morgan fingerprint density at radius 3 is 2.63 bits per heavy atom. The van der Waals surface area contributed by atoms with E-state index in [0.29, 0.717) is 19.6 Å². The number of carboxylic acids is 1. The molecule has 0 spiro atoms. The van der Waals surface area contributed by atoms with Crippen LogP contribution >= 0.6 is 24.0 Å². The molecule has 0 fully saturated rings. The van der Waals surface area contributed by atoms with Crippen molar-refractivity contribution in [3.8, 4) is 16.2 Å². The SMILES string of the molecule is CCOc1ccc2cc(-c3cc(S)c(CNC(CC)C(=O)O)s3)ccc2c1. The van der Waals surface area contributed by atoms with Gasteiger partial charge in [-0.2, -0.15) is 0 Å². The van der Waals surface area contributed by atoms with E-state index in [1.54, 1.807) is 11.3 Å². The second kappa shape index (κ2) is 8.78. The third-order valence-electron chi connectivity index (χ3n) is 4.41. The van der Waals surface area contributed by atoms with Crippen LogP contribution in [0, 0.1) is 0 Å². The van der Waals surface area contributed by atoms with Crippen molar-refractivity contribution in [2.24, 2.45) is 0 Å². The van der Waals surface area contributed by atoms with Crippen molar-refractivity contribution >= 4 is 40.7 Å². The summed E-state index contributed by atoms with van der Waals surface area (Å²) in [4.78, 5) is 14.2. The first kappa shape index (κ1) is 19.7. The van der Waals surface area contributed by atoms with Gasteiger partial charge in [-0.05, 0) is 53.9 Å². The fourth-order valence-corrected chi connectivity index (χ4v) is 4.38. The minimum atomic E-state index is -0.823. The highest BCUT2D eigenvalue weighted by Gasteiger charge is 2.16. The fourth-order valence-electron chi connectivity index (χ4n) is 2.94. The number of hydrogen-bond donors (Lipinski definition) is 3. The minimum absolute atomic E-state index is 0.500. The Kier molecular flexibility index (Phi) is 6.42. The fraction of sp³-hybridized carbons (Fsp3) is 0.286. The summed E-state index contributed by atoms with van der Waals surface area (Å²) in [5.41, 5.74) is 1.13. The molecule has 142 valence electrons. The molecule has 3 rings (SSSR count). The van der Waals surface area contributed by atoms with Crippen LogP contribution in [-0.4, -0.2) is 23.7 Å². The highest BCUT2D eigenvalue weighted by molar-refractivity contribution is 7.80. The molecule has 0 bridgehead atoms. The summed E-state index contributed by atoms with van der Waals surface area (Å²) in [6.07, 6.45) is 0.546. The molecule has 1 aromatic heterocycles. The Bertz CT molecular complexity index is 952. The summed E-state index contributed by atoms with van der Waals surface area (Å²) in [7, 11) is 0. The number of ether oxygens (including phenoxy) is 1. The molecule has 0 aliphatic heterocycles. The molecule has 0 saturated heterocycles. The van der Waals surface area contributed by atoms with Crippen LogP contribution in [0.5, 0.6) is 5.75 Å². The van der Waals surface area contributed by atoms with Gasteiger partial charge in [-0.15, -0.1) is 24.0 Å². The van der Waals surface area contributed by atoms with E-state index in [1.807, 2.05) is 32.0 Å². The quantitative estimate of drug-likeness (QED) is 0.454. The van der Waals surface area contributed by atoms with E-state index < -0.39 is 12.0 Å². The van der Waals surface area contributed by atoms with Gasteiger partial charge >= 0.3 is 5.97 Å². The Morgan fingerprint density at radius 1 is 1.19 bits per heavy atom. The lowest BCUT2D eigenvalue weighted by molar-refractivity contribution is -0.139. The van der Waals surface area contributed by atoms with Gasteiger partial charge in [-0.1, -0.05) is 25.1 Å². The van der Waals surface area contributed by atoms with Crippen molar-refractivity contribution in [2.75, 3.05) is 6.61 Å². The maximum Gasteiger partial charge on any atom is 0.320 e. The number of thiol groups is 1. The number of carboxylic acid groups (broad SMARTS) is 1. The lowest BCUT2D eigenvalue weighted by Gasteiger charge is -2.11. The van der Waals surface area contributed by atoms with E-state index in [2.05, 4.69) is 42.2 Å². The van der Waals surface area contributed by atoms with Gasteiger partial charge in [0.1, 0.15) is 11.8 Å². The molecule has 0 aliphatic rings. The van der Waals surface area contributed by atoms with Gasteiger partial charge in [-0.25, -0.2) is 0 Å². The maximum atomic E-state index is 11.2. The topological polar surface area (TPSA) is 58.6 Å². The molecule has 0 saturated carbocycles. The van der Waals surface area contributed by atoms with Crippen LogP contribution in [0.1, 0.15) is 25.1 Å². The number of thiophene rings is 1. The smallest absolute Gasteiger partial charge is 0.320 e. The lowest BCUT2D eigenvalue weighted by atomic mass is 10.1. The molecule has 1 heterocycles. The van der Waals surface area contributed by atoms with Crippen molar-refractivity contribution < 1.29 is 14.6 Å². The number of aliphatic carboxylic acids is 1. The van der Waals surface area contributed by atoms with Crippen molar-refractivity contribution in [1.82, 2.24) is 5.32 Å². The average molecular weight is 402 g/mol. The monoisotopic (exact) mass is 401 g/mol. The summed E-state index contributed by atoms with van der Waals surface area (Å²) in [5, 5.41) is 14.6.